The van der Waals surface area contributed by atoms with E-state index >= 15 is 0 Å². The number of rotatable bonds is 6. The summed E-state index contributed by atoms with van der Waals surface area (Å²) in [6.07, 6.45) is 6.17. The number of thiophene rings is 1. The van der Waals surface area contributed by atoms with E-state index in [2.05, 4.69) is 43.9 Å². The molecule has 0 bridgehead atoms. The van der Waals surface area contributed by atoms with Crippen molar-refractivity contribution in [3.63, 3.8) is 0 Å². The van der Waals surface area contributed by atoms with Crippen LogP contribution < -0.4 is 10.2 Å². The molecule has 1 aliphatic rings. The number of aromatic nitrogens is 2. The predicted octanol–water partition coefficient (Wildman–Crippen LogP) is 3.14. The van der Waals surface area contributed by atoms with Crippen molar-refractivity contribution in [2.45, 2.75) is 32.4 Å². The largest absolute Gasteiger partial charge is 0.369 e. The van der Waals surface area contributed by atoms with Gasteiger partial charge in [0.05, 0.1) is 12.4 Å². The molecule has 0 saturated heterocycles. The Labute approximate surface area is 117 Å². The third-order valence-corrected chi connectivity index (χ3v) is 3.93. The highest BCUT2D eigenvalue weighted by molar-refractivity contribution is 7.07. The highest BCUT2D eigenvalue weighted by atomic mass is 32.1. The number of hydrogen-bond acceptors (Lipinski definition) is 5. The van der Waals surface area contributed by atoms with Gasteiger partial charge in [0.15, 0.2) is 0 Å². The Kier molecular flexibility index (Phi) is 3.64. The van der Waals surface area contributed by atoms with Crippen LogP contribution >= 0.6 is 11.3 Å². The van der Waals surface area contributed by atoms with Crippen LogP contribution in [-0.4, -0.2) is 22.6 Å². The molecule has 1 saturated carbocycles. The van der Waals surface area contributed by atoms with Crippen molar-refractivity contribution in [3.05, 3.63) is 34.8 Å². The van der Waals surface area contributed by atoms with Gasteiger partial charge in [-0.05, 0) is 42.2 Å². The minimum Gasteiger partial charge on any atom is -0.369 e. The van der Waals surface area contributed by atoms with Crippen molar-refractivity contribution in [2.24, 2.45) is 0 Å². The normalized spacial score (nSPS) is 14.4. The van der Waals surface area contributed by atoms with Crippen LogP contribution in [0.15, 0.2) is 29.2 Å². The van der Waals surface area contributed by atoms with Gasteiger partial charge in [0.1, 0.15) is 11.6 Å². The lowest BCUT2D eigenvalue weighted by atomic mass is 10.3. The monoisotopic (exact) mass is 274 g/mol. The first-order valence-corrected chi connectivity index (χ1v) is 7.64. The summed E-state index contributed by atoms with van der Waals surface area (Å²) in [4.78, 5) is 11.3. The molecule has 0 spiro atoms. The van der Waals surface area contributed by atoms with Crippen LogP contribution in [0.3, 0.4) is 0 Å². The van der Waals surface area contributed by atoms with Crippen molar-refractivity contribution in [3.8, 4) is 0 Å². The summed E-state index contributed by atoms with van der Waals surface area (Å²) in [5.74, 6) is 1.84. The maximum Gasteiger partial charge on any atom is 0.150 e. The first kappa shape index (κ1) is 12.4. The molecular weight excluding hydrogens is 256 g/mol. The van der Waals surface area contributed by atoms with Gasteiger partial charge in [-0.2, -0.15) is 11.3 Å². The van der Waals surface area contributed by atoms with Crippen molar-refractivity contribution in [2.75, 3.05) is 16.8 Å². The second-order valence-electron chi connectivity index (χ2n) is 4.78. The molecule has 0 atom stereocenters. The minimum atomic E-state index is 0.631. The average Bonchev–Trinajstić information content (AvgIpc) is 3.14. The standard InChI is InChI=1S/C14H18N4S/c1-2-16-13-7-15-8-14(17-13)18(12-3-4-12)9-11-5-6-19-10-11/h5-8,10,12H,2-4,9H2,1H3,(H,16,17). The van der Waals surface area contributed by atoms with Gasteiger partial charge in [-0.15, -0.1) is 0 Å². The fraction of sp³-hybridized carbons (Fsp3) is 0.429. The molecule has 1 N–H and O–H groups in total. The second kappa shape index (κ2) is 5.57. The van der Waals surface area contributed by atoms with Gasteiger partial charge in [-0.3, -0.25) is 4.98 Å². The van der Waals surface area contributed by atoms with E-state index in [1.54, 1.807) is 17.5 Å². The van der Waals surface area contributed by atoms with Gasteiger partial charge < -0.3 is 10.2 Å². The molecule has 0 amide bonds. The highest BCUT2D eigenvalue weighted by Gasteiger charge is 2.30. The smallest absolute Gasteiger partial charge is 0.150 e. The Hall–Kier alpha value is -1.62. The van der Waals surface area contributed by atoms with E-state index in [4.69, 9.17) is 0 Å². The van der Waals surface area contributed by atoms with E-state index in [0.717, 1.165) is 24.7 Å². The first-order valence-electron chi connectivity index (χ1n) is 6.70. The molecule has 2 heterocycles. The summed E-state index contributed by atoms with van der Waals surface area (Å²) in [5.41, 5.74) is 1.35. The van der Waals surface area contributed by atoms with Gasteiger partial charge in [-0.25, -0.2) is 4.98 Å². The summed E-state index contributed by atoms with van der Waals surface area (Å²) < 4.78 is 0. The summed E-state index contributed by atoms with van der Waals surface area (Å²) in [6, 6.07) is 2.81. The van der Waals surface area contributed by atoms with E-state index in [0.29, 0.717) is 6.04 Å². The highest BCUT2D eigenvalue weighted by Crippen LogP contribution is 2.32. The van der Waals surface area contributed by atoms with Crippen LogP contribution in [0.25, 0.3) is 0 Å². The molecule has 1 fully saturated rings. The topological polar surface area (TPSA) is 41.1 Å². The lowest BCUT2D eigenvalue weighted by molar-refractivity contribution is 0.776. The molecule has 19 heavy (non-hydrogen) atoms. The van der Waals surface area contributed by atoms with Crippen LogP contribution in [0.2, 0.25) is 0 Å². The van der Waals surface area contributed by atoms with E-state index in [-0.39, 0.29) is 0 Å². The molecule has 100 valence electrons. The van der Waals surface area contributed by atoms with E-state index in [9.17, 15) is 0 Å². The fourth-order valence-electron chi connectivity index (χ4n) is 2.12. The lowest BCUT2D eigenvalue weighted by Gasteiger charge is -2.23. The summed E-state index contributed by atoms with van der Waals surface area (Å²) in [7, 11) is 0. The van der Waals surface area contributed by atoms with Crippen LogP contribution in [0.4, 0.5) is 11.6 Å². The zero-order chi connectivity index (χ0) is 13.1. The molecule has 2 aromatic heterocycles. The molecule has 0 unspecified atom stereocenters. The third kappa shape index (κ3) is 3.04. The van der Waals surface area contributed by atoms with E-state index in [1.807, 2.05) is 6.20 Å². The summed E-state index contributed by atoms with van der Waals surface area (Å²) >= 11 is 1.75. The van der Waals surface area contributed by atoms with Crippen LogP contribution in [0.1, 0.15) is 25.3 Å². The van der Waals surface area contributed by atoms with E-state index < -0.39 is 0 Å². The lowest BCUT2D eigenvalue weighted by Crippen LogP contribution is -2.26. The van der Waals surface area contributed by atoms with Gasteiger partial charge in [-0.1, -0.05) is 0 Å². The number of nitrogens with zero attached hydrogens (tertiary/aromatic N) is 3. The van der Waals surface area contributed by atoms with Crippen LogP contribution in [-0.2, 0) is 6.54 Å². The van der Waals surface area contributed by atoms with E-state index in [1.165, 1.54) is 18.4 Å². The summed E-state index contributed by atoms with van der Waals surface area (Å²) in [5, 5.41) is 7.55. The van der Waals surface area contributed by atoms with Gasteiger partial charge in [0.2, 0.25) is 0 Å². The van der Waals surface area contributed by atoms with Gasteiger partial charge in [0.25, 0.3) is 0 Å². The SMILES string of the molecule is CCNc1cncc(N(Cc2ccsc2)C2CC2)n1. The number of nitrogens with one attached hydrogen (secondary N) is 1. The molecule has 4 nitrogen and oxygen atoms in total. The quantitative estimate of drug-likeness (QED) is 0.878. The maximum absolute atomic E-state index is 4.66. The Morgan fingerprint density at radius 2 is 2.32 bits per heavy atom. The molecule has 0 aromatic carbocycles. The third-order valence-electron chi connectivity index (χ3n) is 3.19. The predicted molar refractivity (Wildman–Crippen MR) is 79.7 cm³/mol. The minimum absolute atomic E-state index is 0.631. The summed E-state index contributed by atoms with van der Waals surface area (Å²) in [6.45, 7) is 3.86. The Morgan fingerprint density at radius 3 is 3.00 bits per heavy atom. The Bertz CT molecular complexity index is 522. The van der Waals surface area contributed by atoms with Gasteiger partial charge in [0, 0.05) is 19.1 Å². The first-order chi connectivity index (χ1) is 9.36. The van der Waals surface area contributed by atoms with Crippen molar-refractivity contribution < 1.29 is 0 Å². The van der Waals surface area contributed by atoms with Crippen LogP contribution in [0.5, 0.6) is 0 Å². The number of anilines is 2. The molecule has 0 aliphatic heterocycles. The molecular formula is C14H18N4S. The molecule has 1 aliphatic carbocycles. The number of hydrogen-bond donors (Lipinski definition) is 1. The van der Waals surface area contributed by atoms with Crippen molar-refractivity contribution in [1.82, 2.24) is 9.97 Å². The van der Waals surface area contributed by atoms with Gasteiger partial charge >= 0.3 is 0 Å². The molecule has 2 aromatic rings. The Morgan fingerprint density at radius 1 is 1.42 bits per heavy atom. The zero-order valence-electron chi connectivity index (χ0n) is 11.0. The van der Waals surface area contributed by atoms with Crippen LogP contribution in [0, 0.1) is 0 Å². The molecule has 5 heteroatoms. The van der Waals surface area contributed by atoms with Crippen molar-refractivity contribution >= 4 is 23.0 Å². The maximum atomic E-state index is 4.66. The molecule has 0 radical (unpaired) electrons. The van der Waals surface area contributed by atoms with Crippen molar-refractivity contribution in [1.29, 1.82) is 0 Å². The average molecular weight is 274 g/mol. The molecule has 3 rings (SSSR count). The Balaban J connectivity index is 1.81. The fourth-order valence-corrected chi connectivity index (χ4v) is 2.78. The second-order valence-corrected chi connectivity index (χ2v) is 5.56. The zero-order valence-corrected chi connectivity index (χ0v) is 11.9.